The van der Waals surface area contributed by atoms with Crippen molar-refractivity contribution in [2.45, 2.75) is 4.90 Å². The van der Waals surface area contributed by atoms with Crippen LogP contribution < -0.4 is 4.74 Å². The molecule has 16 heavy (non-hydrogen) atoms. The highest BCUT2D eigenvalue weighted by molar-refractivity contribution is 7.90. The SMILES string of the molecule is COC(=O)COc1cccc(S(C)(=O)=O)c1. The van der Waals surface area contributed by atoms with Gasteiger partial charge in [-0.2, -0.15) is 0 Å². The average Bonchev–Trinajstić information content (AvgIpc) is 2.25. The van der Waals surface area contributed by atoms with Crippen LogP contribution in [0.3, 0.4) is 0 Å². The molecule has 0 aliphatic heterocycles. The van der Waals surface area contributed by atoms with Gasteiger partial charge in [0.05, 0.1) is 12.0 Å². The molecule has 1 rings (SSSR count). The third-order valence-electron chi connectivity index (χ3n) is 1.82. The molecule has 0 unspecified atom stereocenters. The summed E-state index contributed by atoms with van der Waals surface area (Å²) in [4.78, 5) is 10.9. The number of carbonyl (C=O) groups is 1. The van der Waals surface area contributed by atoms with Gasteiger partial charge in [-0.25, -0.2) is 13.2 Å². The zero-order chi connectivity index (χ0) is 12.2. The molecule has 0 heterocycles. The first-order valence-corrected chi connectivity index (χ1v) is 6.32. The zero-order valence-electron chi connectivity index (χ0n) is 8.97. The fourth-order valence-corrected chi connectivity index (χ4v) is 1.65. The predicted octanol–water partition coefficient (Wildman–Crippen LogP) is 0.642. The Labute approximate surface area is 93.9 Å². The Bertz CT molecular complexity index is 478. The first-order chi connectivity index (χ1) is 7.43. The van der Waals surface area contributed by atoms with Gasteiger partial charge in [0.1, 0.15) is 5.75 Å². The lowest BCUT2D eigenvalue weighted by atomic mass is 10.3. The Balaban J connectivity index is 2.80. The van der Waals surface area contributed by atoms with Gasteiger partial charge in [-0.3, -0.25) is 0 Å². The molecule has 0 N–H and O–H groups in total. The molecule has 1 aromatic rings. The van der Waals surface area contributed by atoms with Crippen LogP contribution in [0.1, 0.15) is 0 Å². The molecule has 0 atom stereocenters. The van der Waals surface area contributed by atoms with Crippen LogP contribution in [0.2, 0.25) is 0 Å². The van der Waals surface area contributed by atoms with E-state index in [4.69, 9.17) is 4.74 Å². The van der Waals surface area contributed by atoms with E-state index in [1.807, 2.05) is 0 Å². The number of sulfone groups is 1. The van der Waals surface area contributed by atoms with Gasteiger partial charge >= 0.3 is 5.97 Å². The van der Waals surface area contributed by atoms with Crippen molar-refractivity contribution in [3.05, 3.63) is 24.3 Å². The molecule has 1 aromatic carbocycles. The van der Waals surface area contributed by atoms with Gasteiger partial charge in [-0.05, 0) is 18.2 Å². The van der Waals surface area contributed by atoms with Crippen LogP contribution in [0, 0.1) is 0 Å². The van der Waals surface area contributed by atoms with E-state index in [0.717, 1.165) is 6.26 Å². The van der Waals surface area contributed by atoms with Crippen molar-refractivity contribution in [3.63, 3.8) is 0 Å². The monoisotopic (exact) mass is 244 g/mol. The third-order valence-corrected chi connectivity index (χ3v) is 2.93. The lowest BCUT2D eigenvalue weighted by molar-refractivity contribution is -0.142. The van der Waals surface area contributed by atoms with E-state index in [1.165, 1.54) is 19.2 Å². The standard InChI is InChI=1S/C10H12O5S/c1-14-10(11)7-15-8-4-3-5-9(6-8)16(2,12)13/h3-6H,7H2,1-2H3. The molecule has 0 fully saturated rings. The molecule has 0 amide bonds. The molecular formula is C10H12O5S. The summed E-state index contributed by atoms with van der Waals surface area (Å²) in [6.45, 7) is -0.246. The molecule has 0 saturated carbocycles. The highest BCUT2D eigenvalue weighted by Crippen LogP contribution is 2.17. The van der Waals surface area contributed by atoms with Gasteiger partial charge < -0.3 is 9.47 Å². The summed E-state index contributed by atoms with van der Waals surface area (Å²) in [6, 6.07) is 5.93. The average molecular weight is 244 g/mol. The minimum atomic E-state index is -3.27. The maximum absolute atomic E-state index is 11.2. The predicted molar refractivity (Wildman–Crippen MR) is 57.1 cm³/mol. The van der Waals surface area contributed by atoms with Crippen molar-refractivity contribution in [1.29, 1.82) is 0 Å². The Morgan fingerprint density at radius 2 is 2.06 bits per heavy atom. The summed E-state index contributed by atoms with van der Waals surface area (Å²) in [5.41, 5.74) is 0. The van der Waals surface area contributed by atoms with Crippen LogP contribution in [-0.2, 0) is 19.4 Å². The number of methoxy groups -OCH3 is 1. The second-order valence-electron chi connectivity index (χ2n) is 3.11. The van der Waals surface area contributed by atoms with Gasteiger partial charge in [-0.15, -0.1) is 0 Å². The number of hydrogen-bond donors (Lipinski definition) is 0. The van der Waals surface area contributed by atoms with Crippen molar-refractivity contribution in [3.8, 4) is 5.75 Å². The molecule has 0 bridgehead atoms. The van der Waals surface area contributed by atoms with Crippen molar-refractivity contribution in [2.24, 2.45) is 0 Å². The summed E-state index contributed by atoms with van der Waals surface area (Å²) >= 11 is 0. The molecular weight excluding hydrogens is 232 g/mol. The van der Waals surface area contributed by atoms with E-state index in [2.05, 4.69) is 4.74 Å². The second kappa shape index (κ2) is 4.98. The van der Waals surface area contributed by atoms with Crippen LogP contribution in [0.15, 0.2) is 29.2 Å². The Morgan fingerprint density at radius 3 is 2.62 bits per heavy atom. The van der Waals surface area contributed by atoms with Gasteiger partial charge in [0.2, 0.25) is 0 Å². The van der Waals surface area contributed by atoms with Crippen molar-refractivity contribution in [2.75, 3.05) is 20.0 Å². The molecule has 0 spiro atoms. The van der Waals surface area contributed by atoms with Gasteiger partial charge in [0.25, 0.3) is 0 Å². The number of carbonyl (C=O) groups excluding carboxylic acids is 1. The first kappa shape index (κ1) is 12.5. The van der Waals surface area contributed by atoms with Gasteiger partial charge in [0.15, 0.2) is 16.4 Å². The minimum absolute atomic E-state index is 0.148. The lowest BCUT2D eigenvalue weighted by Gasteiger charge is -2.05. The number of benzene rings is 1. The third kappa shape index (κ3) is 3.54. The van der Waals surface area contributed by atoms with Crippen molar-refractivity contribution >= 4 is 15.8 Å². The summed E-state index contributed by atoms with van der Waals surface area (Å²) in [6.07, 6.45) is 1.10. The van der Waals surface area contributed by atoms with Gasteiger partial charge in [-0.1, -0.05) is 6.07 Å². The quantitative estimate of drug-likeness (QED) is 0.727. The highest BCUT2D eigenvalue weighted by atomic mass is 32.2. The van der Waals surface area contributed by atoms with E-state index >= 15 is 0 Å². The van der Waals surface area contributed by atoms with Crippen LogP contribution >= 0.6 is 0 Å². The van der Waals surface area contributed by atoms with Crippen LogP contribution in [-0.4, -0.2) is 34.4 Å². The fraction of sp³-hybridized carbons (Fsp3) is 0.300. The number of rotatable bonds is 4. The van der Waals surface area contributed by atoms with Crippen LogP contribution in [0.5, 0.6) is 5.75 Å². The molecule has 0 aliphatic carbocycles. The smallest absolute Gasteiger partial charge is 0.343 e. The van der Waals surface area contributed by atoms with Crippen LogP contribution in [0.25, 0.3) is 0 Å². The summed E-state index contributed by atoms with van der Waals surface area (Å²) in [5, 5.41) is 0. The molecule has 0 aliphatic rings. The second-order valence-corrected chi connectivity index (χ2v) is 5.13. The Morgan fingerprint density at radius 1 is 1.38 bits per heavy atom. The molecule has 5 nitrogen and oxygen atoms in total. The van der Waals surface area contributed by atoms with Crippen molar-refractivity contribution in [1.82, 2.24) is 0 Å². The van der Waals surface area contributed by atoms with E-state index in [-0.39, 0.29) is 11.5 Å². The number of ether oxygens (including phenoxy) is 2. The molecule has 0 saturated heterocycles. The largest absolute Gasteiger partial charge is 0.482 e. The number of hydrogen-bond acceptors (Lipinski definition) is 5. The molecule has 0 aromatic heterocycles. The van der Waals surface area contributed by atoms with Crippen LogP contribution in [0.4, 0.5) is 0 Å². The summed E-state index contributed by atoms with van der Waals surface area (Å²) in [5.74, 6) is -0.210. The van der Waals surface area contributed by atoms with E-state index < -0.39 is 15.8 Å². The Kier molecular flexibility index (Phi) is 3.89. The topological polar surface area (TPSA) is 69.7 Å². The maximum Gasteiger partial charge on any atom is 0.343 e. The van der Waals surface area contributed by atoms with E-state index in [1.54, 1.807) is 12.1 Å². The zero-order valence-corrected chi connectivity index (χ0v) is 9.78. The van der Waals surface area contributed by atoms with E-state index in [9.17, 15) is 13.2 Å². The highest BCUT2D eigenvalue weighted by Gasteiger charge is 2.08. The minimum Gasteiger partial charge on any atom is -0.482 e. The summed E-state index contributed by atoms with van der Waals surface area (Å²) in [7, 11) is -2.02. The lowest BCUT2D eigenvalue weighted by Crippen LogP contribution is -2.12. The normalized spacial score (nSPS) is 10.9. The summed E-state index contributed by atoms with van der Waals surface area (Å²) < 4.78 is 31.9. The first-order valence-electron chi connectivity index (χ1n) is 4.43. The molecule has 88 valence electrons. The van der Waals surface area contributed by atoms with Crippen molar-refractivity contribution < 1.29 is 22.7 Å². The number of esters is 1. The van der Waals surface area contributed by atoms with E-state index in [0.29, 0.717) is 5.75 Å². The Hall–Kier alpha value is -1.56. The fourth-order valence-electron chi connectivity index (χ4n) is 0.996. The molecule has 0 radical (unpaired) electrons. The van der Waals surface area contributed by atoms with Gasteiger partial charge in [0, 0.05) is 6.26 Å². The molecule has 6 heteroatoms. The maximum atomic E-state index is 11.2.